The van der Waals surface area contributed by atoms with E-state index in [9.17, 15) is 14.7 Å². The Labute approximate surface area is 134 Å². The van der Waals surface area contributed by atoms with Crippen LogP contribution in [0.5, 0.6) is 5.75 Å². The third-order valence-corrected chi connectivity index (χ3v) is 3.35. The van der Waals surface area contributed by atoms with E-state index in [0.29, 0.717) is 24.3 Å². The zero-order chi connectivity index (χ0) is 16.8. The van der Waals surface area contributed by atoms with Crippen molar-refractivity contribution in [1.82, 2.24) is 0 Å². The van der Waals surface area contributed by atoms with Crippen LogP contribution in [0.25, 0.3) is 0 Å². The molecule has 0 aliphatic carbocycles. The molecule has 1 amide bonds. The van der Waals surface area contributed by atoms with Crippen LogP contribution in [0.1, 0.15) is 26.7 Å². The van der Waals surface area contributed by atoms with Crippen LogP contribution >= 0.6 is 0 Å². The number of amides is 1. The number of hydrogen-bond acceptors (Lipinski definition) is 6. The van der Waals surface area contributed by atoms with E-state index in [1.807, 2.05) is 0 Å². The predicted octanol–water partition coefficient (Wildman–Crippen LogP) is 1.45. The predicted molar refractivity (Wildman–Crippen MR) is 81.9 cm³/mol. The molecule has 0 saturated carbocycles. The zero-order valence-corrected chi connectivity index (χ0v) is 13.2. The van der Waals surface area contributed by atoms with Crippen molar-refractivity contribution >= 4 is 17.6 Å². The van der Waals surface area contributed by atoms with Gasteiger partial charge < -0.3 is 24.6 Å². The molecule has 1 heterocycles. The molecular formula is C16H21NO6. The molecule has 0 radical (unpaired) electrons. The second-order valence-electron chi connectivity index (χ2n) is 5.37. The van der Waals surface area contributed by atoms with Crippen molar-refractivity contribution in [3.8, 4) is 5.75 Å². The van der Waals surface area contributed by atoms with E-state index < -0.39 is 24.5 Å². The Morgan fingerprint density at radius 1 is 1.26 bits per heavy atom. The monoisotopic (exact) mass is 323 g/mol. The topological polar surface area (TPSA) is 94.1 Å². The SMILES string of the molecule is CC(=O)Nc1ccc(O[C@@H]2CC[C@H](O)C(COC(C)=O)O2)cc1. The number of hydrogen-bond donors (Lipinski definition) is 2. The van der Waals surface area contributed by atoms with Crippen molar-refractivity contribution < 1.29 is 28.9 Å². The van der Waals surface area contributed by atoms with E-state index in [1.165, 1.54) is 13.8 Å². The second-order valence-corrected chi connectivity index (χ2v) is 5.37. The summed E-state index contributed by atoms with van der Waals surface area (Å²) in [4.78, 5) is 21.8. The lowest BCUT2D eigenvalue weighted by molar-refractivity contribution is -0.202. The highest BCUT2D eigenvalue weighted by Gasteiger charge is 2.31. The minimum absolute atomic E-state index is 0.00215. The first-order valence-corrected chi connectivity index (χ1v) is 7.45. The smallest absolute Gasteiger partial charge is 0.302 e. The third kappa shape index (κ3) is 5.54. The Morgan fingerprint density at radius 3 is 2.57 bits per heavy atom. The lowest BCUT2D eigenvalue weighted by Crippen LogP contribution is -2.44. The molecule has 1 fully saturated rings. The fourth-order valence-corrected chi connectivity index (χ4v) is 2.25. The number of aliphatic hydroxyl groups excluding tert-OH is 1. The van der Waals surface area contributed by atoms with E-state index in [1.54, 1.807) is 24.3 Å². The zero-order valence-electron chi connectivity index (χ0n) is 13.2. The first kappa shape index (κ1) is 17.2. The summed E-state index contributed by atoms with van der Waals surface area (Å²) in [6.45, 7) is 2.74. The highest BCUT2D eigenvalue weighted by molar-refractivity contribution is 5.88. The maximum absolute atomic E-state index is 11.0. The molecule has 1 aromatic rings. The molecule has 3 atom stereocenters. The summed E-state index contributed by atoms with van der Waals surface area (Å²) in [5, 5.41) is 12.5. The first-order chi connectivity index (χ1) is 10.9. The molecule has 23 heavy (non-hydrogen) atoms. The molecule has 1 aliphatic heterocycles. The summed E-state index contributed by atoms with van der Waals surface area (Å²) in [7, 11) is 0. The van der Waals surface area contributed by atoms with Gasteiger partial charge in [-0.3, -0.25) is 9.59 Å². The molecule has 2 rings (SSSR count). The van der Waals surface area contributed by atoms with E-state index >= 15 is 0 Å². The quantitative estimate of drug-likeness (QED) is 0.797. The van der Waals surface area contributed by atoms with Crippen LogP contribution in [0, 0.1) is 0 Å². The Bertz CT molecular complexity index is 544. The lowest BCUT2D eigenvalue weighted by Gasteiger charge is -2.33. The number of carbonyl (C=O) groups excluding carboxylic acids is 2. The molecule has 126 valence electrons. The molecule has 0 bridgehead atoms. The number of nitrogens with one attached hydrogen (secondary N) is 1. The van der Waals surface area contributed by atoms with Gasteiger partial charge in [0.25, 0.3) is 0 Å². The number of anilines is 1. The van der Waals surface area contributed by atoms with Gasteiger partial charge in [0.05, 0.1) is 6.10 Å². The third-order valence-electron chi connectivity index (χ3n) is 3.35. The first-order valence-electron chi connectivity index (χ1n) is 7.45. The van der Waals surface area contributed by atoms with E-state index in [2.05, 4.69) is 5.32 Å². The number of benzene rings is 1. The van der Waals surface area contributed by atoms with Crippen molar-refractivity contribution in [2.24, 2.45) is 0 Å². The van der Waals surface area contributed by atoms with Gasteiger partial charge in [0.15, 0.2) is 6.29 Å². The maximum atomic E-state index is 11.0. The van der Waals surface area contributed by atoms with Crippen molar-refractivity contribution in [3.63, 3.8) is 0 Å². The molecule has 1 aliphatic rings. The Hall–Kier alpha value is -2.12. The van der Waals surface area contributed by atoms with Crippen molar-refractivity contribution in [1.29, 1.82) is 0 Å². The fraction of sp³-hybridized carbons (Fsp3) is 0.500. The highest BCUT2D eigenvalue weighted by atomic mass is 16.7. The van der Waals surface area contributed by atoms with Gasteiger partial charge in [-0.2, -0.15) is 0 Å². The molecule has 1 saturated heterocycles. The van der Waals surface area contributed by atoms with Gasteiger partial charge in [0, 0.05) is 26.0 Å². The van der Waals surface area contributed by atoms with Gasteiger partial charge in [-0.25, -0.2) is 0 Å². The normalized spacial score (nSPS) is 23.9. The van der Waals surface area contributed by atoms with Crippen LogP contribution in [-0.2, 0) is 19.1 Å². The highest BCUT2D eigenvalue weighted by Crippen LogP contribution is 2.24. The summed E-state index contributed by atoms with van der Waals surface area (Å²) in [6, 6.07) is 6.90. The fourth-order valence-electron chi connectivity index (χ4n) is 2.25. The number of ether oxygens (including phenoxy) is 3. The van der Waals surface area contributed by atoms with Gasteiger partial charge in [-0.15, -0.1) is 0 Å². The second kappa shape index (κ2) is 7.94. The number of esters is 1. The molecule has 0 aromatic heterocycles. The number of rotatable bonds is 5. The minimum Gasteiger partial charge on any atom is -0.465 e. The standard InChI is InChI=1S/C16H21NO6/c1-10(18)17-12-3-5-13(6-4-12)22-16-8-7-14(20)15(23-16)9-21-11(2)19/h3-6,14-16,20H,7-9H2,1-2H3,(H,17,18)/t14-,15?,16-/m0/s1. The van der Waals surface area contributed by atoms with Crippen LogP contribution in [0.4, 0.5) is 5.69 Å². The van der Waals surface area contributed by atoms with Crippen molar-refractivity contribution in [2.75, 3.05) is 11.9 Å². The van der Waals surface area contributed by atoms with Crippen molar-refractivity contribution in [3.05, 3.63) is 24.3 Å². The summed E-state index contributed by atoms with van der Waals surface area (Å²) in [5.74, 6) is 0.0284. The molecule has 7 heteroatoms. The summed E-state index contributed by atoms with van der Waals surface area (Å²) < 4.78 is 16.2. The molecule has 1 aromatic carbocycles. The molecule has 1 unspecified atom stereocenters. The van der Waals surface area contributed by atoms with Gasteiger partial charge in [0.2, 0.25) is 5.91 Å². The summed E-state index contributed by atoms with van der Waals surface area (Å²) in [5.41, 5.74) is 0.678. The Kier molecular flexibility index (Phi) is 5.95. The van der Waals surface area contributed by atoms with Crippen LogP contribution in [0.15, 0.2) is 24.3 Å². The number of aliphatic hydroxyl groups is 1. The number of carbonyl (C=O) groups is 2. The Balaban J connectivity index is 1.89. The lowest BCUT2D eigenvalue weighted by atomic mass is 10.1. The van der Waals surface area contributed by atoms with Crippen LogP contribution < -0.4 is 10.1 Å². The summed E-state index contributed by atoms with van der Waals surface area (Å²) in [6.07, 6.45) is -0.774. The Morgan fingerprint density at radius 2 is 1.96 bits per heavy atom. The van der Waals surface area contributed by atoms with E-state index in [-0.39, 0.29) is 12.5 Å². The van der Waals surface area contributed by atoms with Gasteiger partial charge in [-0.05, 0) is 30.7 Å². The van der Waals surface area contributed by atoms with Crippen LogP contribution in [0.3, 0.4) is 0 Å². The van der Waals surface area contributed by atoms with E-state index in [0.717, 1.165) is 0 Å². The molecular weight excluding hydrogens is 302 g/mol. The van der Waals surface area contributed by atoms with Gasteiger partial charge >= 0.3 is 5.97 Å². The summed E-state index contributed by atoms with van der Waals surface area (Å²) >= 11 is 0. The van der Waals surface area contributed by atoms with Crippen molar-refractivity contribution in [2.45, 2.75) is 45.2 Å². The molecule has 7 nitrogen and oxygen atoms in total. The van der Waals surface area contributed by atoms with Crippen LogP contribution in [0.2, 0.25) is 0 Å². The minimum atomic E-state index is -0.684. The average Bonchev–Trinajstić information content (AvgIpc) is 2.49. The average molecular weight is 323 g/mol. The molecule has 0 spiro atoms. The largest absolute Gasteiger partial charge is 0.465 e. The maximum Gasteiger partial charge on any atom is 0.302 e. The van der Waals surface area contributed by atoms with E-state index in [4.69, 9.17) is 14.2 Å². The molecule has 2 N–H and O–H groups in total. The van der Waals surface area contributed by atoms with Gasteiger partial charge in [0.1, 0.15) is 18.5 Å². The van der Waals surface area contributed by atoms with Gasteiger partial charge in [-0.1, -0.05) is 0 Å². The van der Waals surface area contributed by atoms with Crippen LogP contribution in [-0.4, -0.2) is 42.1 Å².